The maximum Gasteiger partial charge on any atom is 0.257 e. The second kappa shape index (κ2) is 7.99. The molecule has 2 amide bonds. The van der Waals surface area contributed by atoms with Crippen molar-refractivity contribution in [1.82, 2.24) is 10.3 Å². The fraction of sp³-hybridized carbons (Fsp3) is 0.450. The van der Waals surface area contributed by atoms with Gasteiger partial charge in [-0.3, -0.25) is 14.9 Å². The summed E-state index contributed by atoms with van der Waals surface area (Å²) in [4.78, 5) is 30.7. The highest BCUT2D eigenvalue weighted by Gasteiger charge is 2.31. The molecule has 0 spiro atoms. The van der Waals surface area contributed by atoms with E-state index in [-0.39, 0.29) is 23.8 Å². The Morgan fingerprint density at radius 1 is 1.31 bits per heavy atom. The van der Waals surface area contributed by atoms with E-state index in [9.17, 15) is 9.59 Å². The number of carbonyl (C=O) groups excluding carboxylic acids is 2. The van der Waals surface area contributed by atoms with Crippen LogP contribution in [-0.2, 0) is 11.2 Å². The van der Waals surface area contributed by atoms with Crippen molar-refractivity contribution in [2.75, 3.05) is 5.32 Å². The lowest BCUT2D eigenvalue weighted by Crippen LogP contribution is -2.37. The lowest BCUT2D eigenvalue weighted by molar-refractivity contribution is -0.123. The van der Waals surface area contributed by atoms with Gasteiger partial charge in [-0.15, -0.1) is 11.3 Å². The molecule has 0 fully saturated rings. The van der Waals surface area contributed by atoms with Crippen LogP contribution < -0.4 is 10.6 Å². The number of nitrogens with one attached hydrogen (secondary N) is 2. The predicted octanol–water partition coefficient (Wildman–Crippen LogP) is 4.04. The third-order valence-corrected chi connectivity index (χ3v) is 5.85. The van der Waals surface area contributed by atoms with Gasteiger partial charge in [0.2, 0.25) is 5.91 Å². The molecule has 2 N–H and O–H groups in total. The van der Waals surface area contributed by atoms with Crippen molar-refractivity contribution in [2.24, 2.45) is 0 Å². The maximum atomic E-state index is 12.6. The fourth-order valence-corrected chi connectivity index (χ4v) is 4.11. The van der Waals surface area contributed by atoms with Crippen molar-refractivity contribution >= 4 is 28.3 Å². The van der Waals surface area contributed by atoms with E-state index in [1.807, 2.05) is 26.0 Å². The van der Waals surface area contributed by atoms with Gasteiger partial charge >= 0.3 is 0 Å². The summed E-state index contributed by atoms with van der Waals surface area (Å²) in [6.07, 6.45) is 3.60. The van der Waals surface area contributed by atoms with Crippen molar-refractivity contribution in [3.63, 3.8) is 0 Å². The molecular weight excluding hydrogens is 346 g/mol. The van der Waals surface area contributed by atoms with Crippen LogP contribution in [0.25, 0.3) is 0 Å². The predicted molar refractivity (Wildman–Crippen MR) is 105 cm³/mol. The summed E-state index contributed by atoms with van der Waals surface area (Å²) in [5.74, 6) is -0.340. The highest BCUT2D eigenvalue weighted by atomic mass is 32.1. The van der Waals surface area contributed by atoms with Gasteiger partial charge in [0.15, 0.2) is 5.13 Å². The standard InChI is InChI=1S/C20H25N3O2S/c1-4-13(3)21-19(25)15-6-5-7-16-17(15)22-20(26-16)23-18(24)14-10-8-12(2)9-11-14/h8-11,13,15H,4-7H2,1-3H3,(H,21,25)(H,22,23,24). The first-order valence-electron chi connectivity index (χ1n) is 9.16. The molecule has 0 radical (unpaired) electrons. The minimum atomic E-state index is -0.214. The summed E-state index contributed by atoms with van der Waals surface area (Å²) >= 11 is 1.48. The summed E-state index contributed by atoms with van der Waals surface area (Å²) in [5, 5.41) is 6.52. The molecule has 1 heterocycles. The number of amides is 2. The Morgan fingerprint density at radius 3 is 2.73 bits per heavy atom. The summed E-state index contributed by atoms with van der Waals surface area (Å²) < 4.78 is 0. The number of fused-ring (bicyclic) bond motifs is 1. The van der Waals surface area contributed by atoms with Crippen LogP contribution in [0, 0.1) is 6.92 Å². The molecule has 2 atom stereocenters. The van der Waals surface area contributed by atoms with Gasteiger partial charge in [0.05, 0.1) is 11.6 Å². The number of aromatic nitrogens is 1. The number of hydrogen-bond donors (Lipinski definition) is 2. The summed E-state index contributed by atoms with van der Waals surface area (Å²) in [7, 11) is 0. The molecule has 1 aromatic carbocycles. The van der Waals surface area contributed by atoms with Gasteiger partial charge in [-0.1, -0.05) is 24.6 Å². The summed E-state index contributed by atoms with van der Waals surface area (Å²) in [6.45, 7) is 6.05. The number of rotatable bonds is 5. The number of aryl methyl sites for hydroxylation is 2. The summed E-state index contributed by atoms with van der Waals surface area (Å²) in [5.41, 5.74) is 2.55. The lowest BCUT2D eigenvalue weighted by Gasteiger charge is -2.22. The largest absolute Gasteiger partial charge is 0.353 e. The molecule has 138 valence electrons. The van der Waals surface area contributed by atoms with E-state index in [2.05, 4.69) is 22.5 Å². The minimum Gasteiger partial charge on any atom is -0.353 e. The number of hydrogen-bond acceptors (Lipinski definition) is 4. The third-order valence-electron chi connectivity index (χ3n) is 4.81. The molecule has 2 aromatic rings. The van der Waals surface area contributed by atoms with E-state index in [0.29, 0.717) is 10.7 Å². The molecule has 1 aromatic heterocycles. The van der Waals surface area contributed by atoms with Crippen LogP contribution in [0.5, 0.6) is 0 Å². The minimum absolute atomic E-state index is 0.0435. The zero-order valence-electron chi connectivity index (χ0n) is 15.5. The molecule has 0 saturated heterocycles. The van der Waals surface area contributed by atoms with Crippen LogP contribution in [0.15, 0.2) is 24.3 Å². The number of carbonyl (C=O) groups is 2. The monoisotopic (exact) mass is 371 g/mol. The molecule has 26 heavy (non-hydrogen) atoms. The van der Waals surface area contributed by atoms with Gasteiger partial charge in [0.25, 0.3) is 5.91 Å². The number of nitrogens with zero attached hydrogens (tertiary/aromatic N) is 1. The molecule has 5 nitrogen and oxygen atoms in total. The van der Waals surface area contributed by atoms with Crippen LogP contribution >= 0.6 is 11.3 Å². The van der Waals surface area contributed by atoms with Crippen LogP contribution in [0.1, 0.15) is 65.5 Å². The van der Waals surface area contributed by atoms with E-state index >= 15 is 0 Å². The molecule has 2 unspecified atom stereocenters. The molecule has 1 aliphatic carbocycles. The number of benzene rings is 1. The van der Waals surface area contributed by atoms with Gasteiger partial charge in [-0.2, -0.15) is 0 Å². The Balaban J connectivity index is 1.75. The highest BCUT2D eigenvalue weighted by molar-refractivity contribution is 7.15. The third kappa shape index (κ3) is 4.12. The topological polar surface area (TPSA) is 71.1 Å². The normalized spacial score (nSPS) is 17.3. The van der Waals surface area contributed by atoms with Gasteiger partial charge in [-0.25, -0.2) is 4.98 Å². The average molecular weight is 372 g/mol. The summed E-state index contributed by atoms with van der Waals surface area (Å²) in [6, 6.07) is 7.60. The average Bonchev–Trinajstić information content (AvgIpc) is 3.04. The van der Waals surface area contributed by atoms with Gasteiger partial charge < -0.3 is 5.32 Å². The van der Waals surface area contributed by atoms with E-state index in [1.54, 1.807) is 12.1 Å². The first kappa shape index (κ1) is 18.6. The van der Waals surface area contributed by atoms with Gasteiger partial charge in [0.1, 0.15) is 0 Å². The smallest absolute Gasteiger partial charge is 0.257 e. The second-order valence-electron chi connectivity index (χ2n) is 6.91. The van der Waals surface area contributed by atoms with Crippen LogP contribution in [0.3, 0.4) is 0 Å². The second-order valence-corrected chi connectivity index (χ2v) is 7.99. The Hall–Kier alpha value is -2.21. The van der Waals surface area contributed by atoms with Gasteiger partial charge in [-0.05, 0) is 51.7 Å². The van der Waals surface area contributed by atoms with Crippen LogP contribution in [0.4, 0.5) is 5.13 Å². The first-order chi connectivity index (χ1) is 12.5. The van der Waals surface area contributed by atoms with E-state index in [0.717, 1.165) is 41.8 Å². The molecular formula is C20H25N3O2S. The number of anilines is 1. The highest BCUT2D eigenvalue weighted by Crippen LogP contribution is 2.37. The molecule has 0 bridgehead atoms. The van der Waals surface area contributed by atoms with Crippen LogP contribution in [0.2, 0.25) is 0 Å². The fourth-order valence-electron chi connectivity index (χ4n) is 3.05. The maximum absolute atomic E-state index is 12.6. The molecule has 6 heteroatoms. The van der Waals surface area contributed by atoms with E-state index < -0.39 is 0 Å². The Labute approximate surface area is 158 Å². The zero-order chi connectivity index (χ0) is 18.7. The Morgan fingerprint density at radius 2 is 2.04 bits per heavy atom. The van der Waals surface area contributed by atoms with Crippen molar-refractivity contribution in [2.45, 2.75) is 58.4 Å². The SMILES string of the molecule is CCC(C)NC(=O)C1CCCc2sc(NC(=O)c3ccc(C)cc3)nc21. The van der Waals surface area contributed by atoms with E-state index in [1.165, 1.54) is 11.3 Å². The first-order valence-corrected chi connectivity index (χ1v) is 9.97. The lowest BCUT2D eigenvalue weighted by atomic mass is 9.90. The molecule has 0 aliphatic heterocycles. The molecule has 3 rings (SSSR count). The number of thiazole rings is 1. The van der Waals surface area contributed by atoms with Crippen molar-refractivity contribution in [1.29, 1.82) is 0 Å². The van der Waals surface area contributed by atoms with Gasteiger partial charge in [0, 0.05) is 16.5 Å². The molecule has 1 aliphatic rings. The Kier molecular flexibility index (Phi) is 5.71. The Bertz CT molecular complexity index is 798. The van der Waals surface area contributed by atoms with E-state index in [4.69, 9.17) is 0 Å². The quantitative estimate of drug-likeness (QED) is 0.833. The van der Waals surface area contributed by atoms with Crippen molar-refractivity contribution < 1.29 is 9.59 Å². The van der Waals surface area contributed by atoms with Crippen LogP contribution in [-0.4, -0.2) is 22.8 Å². The van der Waals surface area contributed by atoms with Crippen molar-refractivity contribution in [3.05, 3.63) is 46.0 Å². The van der Waals surface area contributed by atoms with Crippen molar-refractivity contribution in [3.8, 4) is 0 Å². The zero-order valence-corrected chi connectivity index (χ0v) is 16.3. The molecule has 0 saturated carbocycles.